The van der Waals surface area contributed by atoms with Crippen molar-refractivity contribution in [1.29, 1.82) is 0 Å². The molecule has 0 saturated carbocycles. The summed E-state index contributed by atoms with van der Waals surface area (Å²) in [5, 5.41) is 13.1. The van der Waals surface area contributed by atoms with Crippen molar-refractivity contribution in [3.8, 4) is 0 Å². The fraction of sp³-hybridized carbons (Fsp3) is 0.556. The third kappa shape index (κ3) is 4.10. The number of carbonyl (C=O) groups is 2. The second-order valence-electron chi connectivity index (χ2n) is 6.50. The molecule has 0 aromatic heterocycles. The van der Waals surface area contributed by atoms with Crippen LogP contribution in [0.4, 0.5) is 0 Å². The number of benzene rings is 1. The molecule has 0 spiro atoms. The highest BCUT2D eigenvalue weighted by atomic mass is 16.3. The molecule has 0 radical (unpaired) electrons. The Hall–Kier alpha value is -1.88. The minimum absolute atomic E-state index is 0.0349. The highest BCUT2D eigenvalue weighted by Gasteiger charge is 2.34. The van der Waals surface area contributed by atoms with Crippen molar-refractivity contribution in [3.63, 3.8) is 0 Å². The van der Waals surface area contributed by atoms with E-state index in [1.807, 2.05) is 45.0 Å². The third-order valence-corrected chi connectivity index (χ3v) is 4.36. The molecule has 23 heavy (non-hydrogen) atoms. The molecule has 1 aliphatic heterocycles. The number of nitrogens with zero attached hydrogens (tertiary/aromatic N) is 1. The van der Waals surface area contributed by atoms with Crippen LogP contribution in [0.3, 0.4) is 0 Å². The summed E-state index contributed by atoms with van der Waals surface area (Å²) in [4.78, 5) is 26.1. The number of amides is 2. The van der Waals surface area contributed by atoms with Crippen LogP contribution in [0.1, 0.15) is 43.9 Å². The maximum absolute atomic E-state index is 12.5. The third-order valence-electron chi connectivity index (χ3n) is 4.36. The fourth-order valence-corrected chi connectivity index (χ4v) is 3.14. The minimum Gasteiger partial charge on any atom is -0.387 e. The first-order valence-corrected chi connectivity index (χ1v) is 8.22. The van der Waals surface area contributed by atoms with Gasteiger partial charge in [0.1, 0.15) is 6.04 Å². The number of carbonyl (C=O) groups excluding carboxylic acids is 2. The summed E-state index contributed by atoms with van der Waals surface area (Å²) in [6, 6.07) is 7.11. The molecule has 2 atom stereocenters. The van der Waals surface area contributed by atoms with E-state index in [-0.39, 0.29) is 24.3 Å². The van der Waals surface area contributed by atoms with Gasteiger partial charge in [0, 0.05) is 19.5 Å². The van der Waals surface area contributed by atoms with Crippen molar-refractivity contribution in [2.75, 3.05) is 13.1 Å². The van der Waals surface area contributed by atoms with Gasteiger partial charge in [-0.05, 0) is 30.4 Å². The van der Waals surface area contributed by atoms with Crippen molar-refractivity contribution in [1.82, 2.24) is 10.2 Å². The number of likely N-dealkylation sites (tertiary alicyclic amines) is 1. The van der Waals surface area contributed by atoms with Crippen LogP contribution in [0.15, 0.2) is 24.3 Å². The van der Waals surface area contributed by atoms with Gasteiger partial charge in [0.15, 0.2) is 0 Å². The predicted octanol–water partition coefficient (Wildman–Crippen LogP) is 1.79. The molecule has 1 fully saturated rings. The molecule has 0 bridgehead atoms. The maximum atomic E-state index is 12.5. The lowest BCUT2D eigenvalue weighted by Gasteiger charge is -2.30. The van der Waals surface area contributed by atoms with E-state index in [0.29, 0.717) is 13.0 Å². The van der Waals surface area contributed by atoms with Gasteiger partial charge in [-0.25, -0.2) is 0 Å². The first-order chi connectivity index (χ1) is 10.9. The summed E-state index contributed by atoms with van der Waals surface area (Å²) < 4.78 is 0. The van der Waals surface area contributed by atoms with Crippen LogP contribution in [-0.2, 0) is 9.59 Å². The van der Waals surface area contributed by atoms with E-state index in [9.17, 15) is 14.7 Å². The molecule has 1 heterocycles. The molecule has 1 saturated heterocycles. The van der Waals surface area contributed by atoms with Gasteiger partial charge < -0.3 is 15.3 Å². The Morgan fingerprint density at radius 1 is 1.35 bits per heavy atom. The zero-order valence-electron chi connectivity index (χ0n) is 14.1. The van der Waals surface area contributed by atoms with Crippen molar-refractivity contribution < 1.29 is 14.7 Å². The average molecular weight is 318 g/mol. The van der Waals surface area contributed by atoms with E-state index in [2.05, 4.69) is 5.32 Å². The lowest BCUT2D eigenvalue weighted by atomic mass is 10.0. The molecule has 1 aliphatic rings. The lowest BCUT2D eigenvalue weighted by molar-refractivity contribution is -0.139. The topological polar surface area (TPSA) is 69.6 Å². The summed E-state index contributed by atoms with van der Waals surface area (Å²) in [7, 11) is 0. The first-order valence-electron chi connectivity index (χ1n) is 8.22. The molecule has 0 aliphatic carbocycles. The lowest BCUT2D eigenvalue weighted by Crippen LogP contribution is -2.51. The zero-order valence-corrected chi connectivity index (χ0v) is 14.1. The van der Waals surface area contributed by atoms with Gasteiger partial charge in [-0.15, -0.1) is 0 Å². The van der Waals surface area contributed by atoms with Gasteiger partial charge >= 0.3 is 0 Å². The van der Waals surface area contributed by atoms with E-state index in [1.54, 1.807) is 4.90 Å². The van der Waals surface area contributed by atoms with Crippen molar-refractivity contribution in [2.24, 2.45) is 5.92 Å². The molecule has 0 unspecified atom stereocenters. The van der Waals surface area contributed by atoms with E-state index in [0.717, 1.165) is 17.5 Å². The second-order valence-corrected chi connectivity index (χ2v) is 6.50. The van der Waals surface area contributed by atoms with Crippen LogP contribution in [-0.4, -0.2) is 41.0 Å². The van der Waals surface area contributed by atoms with Crippen LogP contribution in [0.5, 0.6) is 0 Å². The molecule has 1 aromatic carbocycles. The van der Waals surface area contributed by atoms with Crippen molar-refractivity contribution >= 4 is 11.8 Å². The fourth-order valence-electron chi connectivity index (χ4n) is 3.14. The van der Waals surface area contributed by atoms with E-state index in [4.69, 9.17) is 0 Å². The number of nitrogens with one attached hydrogen (secondary N) is 1. The van der Waals surface area contributed by atoms with Gasteiger partial charge in [-0.3, -0.25) is 9.59 Å². The van der Waals surface area contributed by atoms with Crippen LogP contribution in [0.25, 0.3) is 0 Å². The summed E-state index contributed by atoms with van der Waals surface area (Å²) in [6.07, 6.45) is 0.575. The van der Waals surface area contributed by atoms with Crippen LogP contribution in [0.2, 0.25) is 0 Å². The van der Waals surface area contributed by atoms with E-state index >= 15 is 0 Å². The molecule has 1 aromatic rings. The number of aliphatic hydroxyl groups excluding tert-OH is 1. The van der Waals surface area contributed by atoms with Crippen LogP contribution >= 0.6 is 0 Å². The summed E-state index contributed by atoms with van der Waals surface area (Å²) in [6.45, 7) is 6.59. The predicted molar refractivity (Wildman–Crippen MR) is 88.7 cm³/mol. The molecular weight excluding hydrogens is 292 g/mol. The molecule has 5 heteroatoms. The van der Waals surface area contributed by atoms with Gasteiger partial charge in [0.2, 0.25) is 11.8 Å². The van der Waals surface area contributed by atoms with Crippen molar-refractivity contribution in [2.45, 2.75) is 45.8 Å². The molecule has 2 N–H and O–H groups in total. The normalized spacial score (nSPS) is 17.4. The maximum Gasteiger partial charge on any atom is 0.243 e. The number of hydrogen-bond acceptors (Lipinski definition) is 3. The molecule has 126 valence electrons. The Kier molecular flexibility index (Phi) is 5.77. The van der Waals surface area contributed by atoms with Gasteiger partial charge in [-0.1, -0.05) is 38.1 Å². The van der Waals surface area contributed by atoms with Crippen LogP contribution < -0.4 is 5.32 Å². The summed E-state index contributed by atoms with van der Waals surface area (Å²) >= 11 is 0. The molecule has 2 amide bonds. The number of rotatable bonds is 6. The van der Waals surface area contributed by atoms with Gasteiger partial charge in [0.05, 0.1) is 6.10 Å². The highest BCUT2D eigenvalue weighted by Crippen LogP contribution is 2.20. The Bertz CT molecular complexity index is 571. The number of hydrogen-bond donors (Lipinski definition) is 2. The SMILES string of the molecule is Cc1ccccc1[C@H](O)CNC(=O)[C@@H](C(C)C)N1CCCC1=O. The number of aliphatic hydroxyl groups is 1. The average Bonchev–Trinajstić information content (AvgIpc) is 2.91. The van der Waals surface area contributed by atoms with Crippen LogP contribution in [0, 0.1) is 12.8 Å². The molecule has 2 rings (SSSR count). The number of aryl methyl sites for hydroxylation is 1. The van der Waals surface area contributed by atoms with Gasteiger partial charge in [-0.2, -0.15) is 0 Å². The zero-order chi connectivity index (χ0) is 17.0. The molecular formula is C18H26N2O3. The largest absolute Gasteiger partial charge is 0.387 e. The standard InChI is InChI=1S/C18H26N2O3/c1-12(2)17(20-10-6-9-16(20)22)18(23)19-11-15(21)14-8-5-4-7-13(14)3/h4-5,7-8,12,15,17,21H,6,9-11H2,1-3H3,(H,19,23)/t15-,17-/m1/s1. The van der Waals surface area contributed by atoms with E-state index in [1.165, 1.54) is 0 Å². The Morgan fingerprint density at radius 2 is 2.04 bits per heavy atom. The quantitative estimate of drug-likeness (QED) is 0.840. The van der Waals surface area contributed by atoms with E-state index < -0.39 is 12.1 Å². The summed E-state index contributed by atoms with van der Waals surface area (Å²) in [5.41, 5.74) is 1.80. The Labute approximate surface area is 137 Å². The highest BCUT2D eigenvalue weighted by molar-refractivity contribution is 5.88. The monoisotopic (exact) mass is 318 g/mol. The van der Waals surface area contributed by atoms with Gasteiger partial charge in [0.25, 0.3) is 0 Å². The Balaban J connectivity index is 1.99. The second kappa shape index (κ2) is 7.59. The minimum atomic E-state index is -0.748. The first kappa shape index (κ1) is 17.5. The smallest absolute Gasteiger partial charge is 0.243 e. The van der Waals surface area contributed by atoms with Crippen molar-refractivity contribution in [3.05, 3.63) is 35.4 Å². The Morgan fingerprint density at radius 3 is 2.61 bits per heavy atom. The molecule has 5 nitrogen and oxygen atoms in total. The summed E-state index contributed by atoms with van der Waals surface area (Å²) in [5.74, 6) is -0.117.